The summed E-state index contributed by atoms with van der Waals surface area (Å²) < 4.78 is 62.3. The number of morpholine rings is 1. The Labute approximate surface area is 221 Å². The van der Waals surface area contributed by atoms with Crippen LogP contribution in [0.4, 0.5) is 23.2 Å². The lowest BCUT2D eigenvalue weighted by Gasteiger charge is -2.34. The molecule has 4 rings (SSSR count). The summed E-state index contributed by atoms with van der Waals surface area (Å²) in [5.74, 6) is -3.90. The first-order valence-corrected chi connectivity index (χ1v) is 12.5. The van der Waals surface area contributed by atoms with Crippen molar-refractivity contribution in [3.8, 4) is 6.07 Å². The Kier molecular flexibility index (Phi) is 8.04. The number of rotatable bonds is 4. The van der Waals surface area contributed by atoms with Gasteiger partial charge in [0.2, 0.25) is 5.91 Å². The fourth-order valence-electron chi connectivity index (χ4n) is 5.03. The molecule has 14 heteroatoms. The third-order valence-electron chi connectivity index (χ3n) is 6.98. The van der Waals surface area contributed by atoms with E-state index in [0.29, 0.717) is 6.07 Å². The zero-order valence-electron chi connectivity index (χ0n) is 20.4. The third-order valence-corrected chi connectivity index (χ3v) is 7.63. The number of carbonyl (C=O) groups excluding carboxylic acids is 3. The summed E-state index contributed by atoms with van der Waals surface area (Å²) in [7, 11) is 0. The van der Waals surface area contributed by atoms with E-state index >= 15 is 0 Å². The minimum atomic E-state index is -4.87. The highest BCUT2D eigenvalue weighted by Crippen LogP contribution is 2.41. The summed E-state index contributed by atoms with van der Waals surface area (Å²) in [5, 5.41) is 13.3. The van der Waals surface area contributed by atoms with E-state index in [9.17, 15) is 37.2 Å². The first-order chi connectivity index (χ1) is 17.9. The highest BCUT2D eigenvalue weighted by molar-refractivity contribution is 6.23. The van der Waals surface area contributed by atoms with Crippen LogP contribution in [0, 0.1) is 17.2 Å². The highest BCUT2D eigenvalue weighted by atomic mass is 35.5. The molecule has 206 valence electrons. The smallest absolute Gasteiger partial charge is 0.378 e. The average Bonchev–Trinajstić information content (AvgIpc) is 3.34. The molecule has 0 spiro atoms. The molecule has 0 saturated carbocycles. The topological polar surface area (TPSA) is 115 Å². The van der Waals surface area contributed by atoms with E-state index < -0.39 is 59.0 Å². The summed E-state index contributed by atoms with van der Waals surface area (Å²) in [6, 6.07) is 2.18. The molecule has 3 saturated heterocycles. The van der Waals surface area contributed by atoms with Crippen molar-refractivity contribution < 1.29 is 36.7 Å². The monoisotopic (exact) mass is 559 g/mol. The van der Waals surface area contributed by atoms with Crippen LogP contribution in [0.15, 0.2) is 12.1 Å². The van der Waals surface area contributed by atoms with Gasteiger partial charge in [0.05, 0.1) is 53.0 Å². The van der Waals surface area contributed by atoms with E-state index in [0.717, 1.165) is 6.07 Å². The van der Waals surface area contributed by atoms with Gasteiger partial charge >= 0.3 is 6.18 Å². The Balaban J connectivity index is 1.62. The van der Waals surface area contributed by atoms with Crippen LogP contribution in [0.2, 0.25) is 0 Å². The molecule has 9 nitrogen and oxygen atoms in total. The van der Waals surface area contributed by atoms with Crippen LogP contribution in [0.5, 0.6) is 0 Å². The molecule has 3 fully saturated rings. The van der Waals surface area contributed by atoms with E-state index in [-0.39, 0.29) is 62.6 Å². The molecule has 3 aliphatic rings. The SMILES string of the molecule is CC1NC(=O)C(F)C(C(=O)N[C@@H]2CCN(c3c(C(=O)N4CCOCC4)cc(C#N)cc3C(F)(F)F)C2)C1Cl. The number of halogens is 5. The number of nitrogens with one attached hydrogen (secondary N) is 2. The zero-order valence-corrected chi connectivity index (χ0v) is 21.1. The van der Waals surface area contributed by atoms with E-state index in [1.807, 2.05) is 0 Å². The summed E-state index contributed by atoms with van der Waals surface area (Å²) in [6.07, 6.45) is -6.84. The second-order valence-corrected chi connectivity index (χ2v) is 10.0. The number of nitrogens with zero attached hydrogens (tertiary/aromatic N) is 3. The fourth-order valence-corrected chi connectivity index (χ4v) is 5.34. The van der Waals surface area contributed by atoms with Crippen LogP contribution >= 0.6 is 11.6 Å². The average molecular weight is 560 g/mol. The van der Waals surface area contributed by atoms with Gasteiger partial charge in [0, 0.05) is 38.3 Å². The molecular formula is C24H26ClF4N5O4. The number of amides is 3. The van der Waals surface area contributed by atoms with Gasteiger partial charge < -0.3 is 25.2 Å². The summed E-state index contributed by atoms with van der Waals surface area (Å²) >= 11 is 6.20. The van der Waals surface area contributed by atoms with Crippen LogP contribution < -0.4 is 15.5 Å². The lowest BCUT2D eigenvalue weighted by Crippen LogP contribution is -2.60. The molecule has 4 unspecified atom stereocenters. The molecule has 0 aromatic heterocycles. The second-order valence-electron chi connectivity index (χ2n) is 9.54. The third kappa shape index (κ3) is 5.51. The van der Waals surface area contributed by atoms with Gasteiger partial charge in [-0.15, -0.1) is 11.6 Å². The Hall–Kier alpha value is -3.11. The standard InChI is InChI=1S/C24H26ClF4N5O4/c1-12-18(25)17(19(26)22(36)31-12)21(35)32-14-2-3-34(11-14)20-15(23(37)33-4-6-38-7-5-33)8-13(10-30)9-16(20)24(27,28)29/h8-9,12,14,17-19H,2-7,11H2,1H3,(H,31,36)(H,32,35)/t12?,14-,17?,18?,19?/m1/s1. The number of ether oxygens (including phenoxy) is 1. The van der Waals surface area contributed by atoms with E-state index in [1.54, 1.807) is 6.07 Å². The molecule has 0 radical (unpaired) electrons. The molecular weight excluding hydrogens is 534 g/mol. The Morgan fingerprint density at radius 1 is 1.24 bits per heavy atom. The zero-order chi connectivity index (χ0) is 27.8. The van der Waals surface area contributed by atoms with Gasteiger partial charge in [-0.25, -0.2) is 4.39 Å². The number of piperidine rings is 1. The molecule has 0 aliphatic carbocycles. The Morgan fingerprint density at radius 3 is 2.55 bits per heavy atom. The van der Waals surface area contributed by atoms with Gasteiger partial charge in [-0.2, -0.15) is 18.4 Å². The second kappa shape index (κ2) is 10.9. The lowest BCUT2D eigenvalue weighted by atomic mass is 9.89. The Bertz CT molecular complexity index is 1150. The van der Waals surface area contributed by atoms with Crippen molar-refractivity contribution in [1.29, 1.82) is 5.26 Å². The van der Waals surface area contributed by atoms with Gasteiger partial charge in [0.25, 0.3) is 11.8 Å². The summed E-state index contributed by atoms with van der Waals surface area (Å²) in [5.41, 5.74) is -2.10. The van der Waals surface area contributed by atoms with Gasteiger partial charge in [-0.05, 0) is 25.5 Å². The van der Waals surface area contributed by atoms with Crippen molar-refractivity contribution in [3.05, 3.63) is 28.8 Å². The van der Waals surface area contributed by atoms with E-state index in [4.69, 9.17) is 16.3 Å². The van der Waals surface area contributed by atoms with Crippen molar-refractivity contribution in [3.63, 3.8) is 0 Å². The number of alkyl halides is 5. The van der Waals surface area contributed by atoms with Gasteiger partial charge in [0.1, 0.15) is 0 Å². The normalized spacial score (nSPS) is 28.0. The molecule has 2 N–H and O–H groups in total. The first kappa shape index (κ1) is 27.9. The van der Waals surface area contributed by atoms with Crippen molar-refractivity contribution in [2.24, 2.45) is 5.92 Å². The first-order valence-electron chi connectivity index (χ1n) is 12.1. The molecule has 3 heterocycles. The molecule has 3 aliphatic heterocycles. The van der Waals surface area contributed by atoms with Gasteiger partial charge in [-0.3, -0.25) is 14.4 Å². The lowest BCUT2D eigenvalue weighted by molar-refractivity contribution is -0.139. The van der Waals surface area contributed by atoms with Crippen molar-refractivity contribution in [1.82, 2.24) is 15.5 Å². The largest absolute Gasteiger partial charge is 0.418 e. The summed E-state index contributed by atoms with van der Waals surface area (Å²) in [4.78, 5) is 40.8. The number of carbonyl (C=O) groups is 3. The fraction of sp³-hybridized carbons (Fsp3) is 0.583. The predicted molar refractivity (Wildman–Crippen MR) is 127 cm³/mol. The van der Waals surface area contributed by atoms with Gasteiger partial charge in [-0.1, -0.05) is 0 Å². The minimum Gasteiger partial charge on any atom is -0.378 e. The van der Waals surface area contributed by atoms with Crippen LogP contribution in [-0.2, 0) is 20.5 Å². The highest BCUT2D eigenvalue weighted by Gasteiger charge is 2.47. The quantitative estimate of drug-likeness (QED) is 0.430. The van der Waals surface area contributed by atoms with E-state index in [2.05, 4.69) is 10.6 Å². The maximum atomic E-state index is 14.5. The van der Waals surface area contributed by atoms with Crippen molar-refractivity contribution >= 4 is 35.0 Å². The molecule has 38 heavy (non-hydrogen) atoms. The number of nitriles is 1. The number of anilines is 1. The van der Waals surface area contributed by atoms with Crippen LogP contribution in [0.25, 0.3) is 0 Å². The number of hydrogen-bond acceptors (Lipinski definition) is 6. The van der Waals surface area contributed by atoms with Crippen LogP contribution in [-0.4, -0.2) is 85.6 Å². The molecule has 3 amide bonds. The molecule has 0 bridgehead atoms. The predicted octanol–water partition coefficient (Wildman–Crippen LogP) is 1.82. The maximum Gasteiger partial charge on any atom is 0.418 e. The number of hydrogen-bond donors (Lipinski definition) is 2. The summed E-state index contributed by atoms with van der Waals surface area (Å²) in [6.45, 7) is 2.32. The van der Waals surface area contributed by atoms with Gasteiger partial charge in [0.15, 0.2) is 6.17 Å². The number of benzene rings is 1. The van der Waals surface area contributed by atoms with Crippen LogP contribution in [0.1, 0.15) is 34.8 Å². The van der Waals surface area contributed by atoms with Crippen molar-refractivity contribution in [2.75, 3.05) is 44.3 Å². The Morgan fingerprint density at radius 2 is 1.92 bits per heavy atom. The molecule has 1 aromatic carbocycles. The minimum absolute atomic E-state index is 0.0498. The van der Waals surface area contributed by atoms with Crippen LogP contribution in [0.3, 0.4) is 0 Å². The maximum absolute atomic E-state index is 14.5. The van der Waals surface area contributed by atoms with E-state index in [1.165, 1.54) is 16.7 Å². The molecule has 1 aromatic rings. The van der Waals surface area contributed by atoms with Crippen molar-refractivity contribution in [2.45, 2.75) is 43.2 Å². The molecule has 5 atom stereocenters.